The molecule has 0 unspecified atom stereocenters. The van der Waals surface area contributed by atoms with E-state index < -0.39 is 116 Å². The largest absolute Gasteiger partial charge is 0.463 e. The Balaban J connectivity index is 2.70. The maximum Gasteiger partial charge on any atom is 0.303 e. The predicted octanol–water partition coefficient (Wildman–Crippen LogP) is -0.0839. The highest BCUT2D eigenvalue weighted by Crippen LogP contribution is 2.39. The standard InChI is InChI=1S/C28H40O17/c1-12(29)37-10-21-23(39-14(3)31)19(24(40-15(4)32)28(36-8)45-21)9-20-25(41-16(5)33)27(43-18(7)35)26(42-17(6)34)22(44-20)11-38-13(2)30/h19-28H,9-11H2,1-8H3/t19-,20-,21+,22+,23-,24+,25-,26-,27+,28+/m0/s1. The Morgan fingerprint density at radius 3 is 1.27 bits per heavy atom. The number of carbonyl (C=O) groups excluding carboxylic acids is 7. The number of methoxy groups -OCH3 is 1. The van der Waals surface area contributed by atoms with Crippen LogP contribution in [-0.4, -0.2) is 117 Å². The summed E-state index contributed by atoms with van der Waals surface area (Å²) in [7, 11) is 1.27. The molecule has 45 heavy (non-hydrogen) atoms. The quantitative estimate of drug-likeness (QED) is 0.200. The summed E-state index contributed by atoms with van der Waals surface area (Å²) in [5.41, 5.74) is 0. The molecule has 2 aliphatic rings. The lowest BCUT2D eigenvalue weighted by atomic mass is 9.80. The van der Waals surface area contributed by atoms with Crippen LogP contribution >= 0.6 is 0 Å². The summed E-state index contributed by atoms with van der Waals surface area (Å²) in [6.45, 7) is 6.93. The Hall–Kier alpha value is -3.83. The topological polar surface area (TPSA) is 212 Å². The second kappa shape index (κ2) is 17.0. The van der Waals surface area contributed by atoms with Gasteiger partial charge in [0.05, 0.1) is 6.10 Å². The molecule has 0 aromatic heterocycles. The Morgan fingerprint density at radius 1 is 0.467 bits per heavy atom. The van der Waals surface area contributed by atoms with Crippen LogP contribution in [0.25, 0.3) is 0 Å². The fourth-order valence-electron chi connectivity index (χ4n) is 5.25. The van der Waals surface area contributed by atoms with E-state index in [4.69, 9.17) is 47.4 Å². The smallest absolute Gasteiger partial charge is 0.303 e. The summed E-state index contributed by atoms with van der Waals surface area (Å²) < 4.78 is 55.4. The van der Waals surface area contributed by atoms with Gasteiger partial charge in [0.15, 0.2) is 30.7 Å². The van der Waals surface area contributed by atoms with Gasteiger partial charge < -0.3 is 47.4 Å². The van der Waals surface area contributed by atoms with Crippen molar-refractivity contribution in [1.82, 2.24) is 0 Å². The summed E-state index contributed by atoms with van der Waals surface area (Å²) in [5.74, 6) is -6.40. The molecule has 10 atom stereocenters. The molecule has 2 rings (SSSR count). The van der Waals surface area contributed by atoms with Gasteiger partial charge in [0, 0.05) is 61.5 Å². The van der Waals surface area contributed by atoms with Crippen LogP contribution in [-0.2, 0) is 80.9 Å². The minimum absolute atomic E-state index is 0.269. The number of rotatable bonds is 12. The highest BCUT2D eigenvalue weighted by molar-refractivity contribution is 5.69. The summed E-state index contributed by atoms with van der Waals surface area (Å²) in [5, 5.41) is 0. The number of esters is 7. The van der Waals surface area contributed by atoms with E-state index in [2.05, 4.69) is 0 Å². The minimum Gasteiger partial charge on any atom is -0.463 e. The third-order valence-electron chi connectivity index (χ3n) is 6.67. The van der Waals surface area contributed by atoms with Gasteiger partial charge in [-0.1, -0.05) is 0 Å². The molecule has 2 saturated heterocycles. The molecule has 0 aromatic carbocycles. The molecule has 0 radical (unpaired) electrons. The van der Waals surface area contributed by atoms with E-state index >= 15 is 0 Å². The maximum atomic E-state index is 12.3. The lowest BCUT2D eigenvalue weighted by Crippen LogP contribution is -2.64. The van der Waals surface area contributed by atoms with Crippen molar-refractivity contribution in [2.24, 2.45) is 5.92 Å². The predicted molar refractivity (Wildman–Crippen MR) is 143 cm³/mol. The van der Waals surface area contributed by atoms with Crippen molar-refractivity contribution < 1.29 is 80.9 Å². The van der Waals surface area contributed by atoms with Crippen molar-refractivity contribution in [2.75, 3.05) is 20.3 Å². The van der Waals surface area contributed by atoms with Crippen LogP contribution in [0, 0.1) is 5.92 Å². The van der Waals surface area contributed by atoms with E-state index in [0.29, 0.717) is 0 Å². The van der Waals surface area contributed by atoms with Crippen LogP contribution in [0.3, 0.4) is 0 Å². The molecule has 17 nitrogen and oxygen atoms in total. The second-order valence-electron chi connectivity index (χ2n) is 10.4. The molecule has 0 spiro atoms. The van der Waals surface area contributed by atoms with Crippen molar-refractivity contribution in [3.63, 3.8) is 0 Å². The second-order valence-corrected chi connectivity index (χ2v) is 10.4. The third kappa shape index (κ3) is 11.2. The van der Waals surface area contributed by atoms with Gasteiger partial charge in [-0.15, -0.1) is 0 Å². The van der Waals surface area contributed by atoms with Crippen molar-refractivity contribution >= 4 is 41.8 Å². The molecule has 17 heteroatoms. The van der Waals surface area contributed by atoms with Gasteiger partial charge in [0.1, 0.15) is 31.5 Å². The lowest BCUT2D eigenvalue weighted by molar-refractivity contribution is -0.299. The fourth-order valence-corrected chi connectivity index (χ4v) is 5.25. The van der Waals surface area contributed by atoms with E-state index in [9.17, 15) is 33.6 Å². The number of hydrogen-bond donors (Lipinski definition) is 0. The summed E-state index contributed by atoms with van der Waals surface area (Å²) in [6.07, 6.45) is -12.0. The van der Waals surface area contributed by atoms with Crippen molar-refractivity contribution in [2.45, 2.75) is 110 Å². The molecule has 0 saturated carbocycles. The summed E-state index contributed by atoms with van der Waals surface area (Å²) >= 11 is 0. The first kappa shape index (κ1) is 37.4. The molecule has 0 aliphatic carbocycles. The van der Waals surface area contributed by atoms with Gasteiger partial charge in [-0.3, -0.25) is 33.6 Å². The zero-order chi connectivity index (χ0) is 34.0. The normalized spacial score (nSPS) is 31.0. The van der Waals surface area contributed by atoms with Crippen LogP contribution in [0.5, 0.6) is 0 Å². The summed E-state index contributed by atoms with van der Waals surface area (Å²) in [6, 6.07) is 0. The van der Waals surface area contributed by atoms with E-state index in [1.54, 1.807) is 0 Å². The number of ether oxygens (including phenoxy) is 10. The molecular formula is C28H40O17. The van der Waals surface area contributed by atoms with Gasteiger partial charge in [0.2, 0.25) is 0 Å². The Morgan fingerprint density at radius 2 is 0.844 bits per heavy atom. The fraction of sp³-hybridized carbons (Fsp3) is 0.750. The van der Waals surface area contributed by atoms with Gasteiger partial charge in [-0.2, -0.15) is 0 Å². The van der Waals surface area contributed by atoms with E-state index in [-0.39, 0.29) is 6.42 Å². The van der Waals surface area contributed by atoms with E-state index in [1.165, 1.54) is 7.11 Å². The number of hydrogen-bond acceptors (Lipinski definition) is 17. The van der Waals surface area contributed by atoms with Gasteiger partial charge in [-0.05, 0) is 6.42 Å². The zero-order valence-electron chi connectivity index (χ0n) is 26.3. The molecule has 0 amide bonds. The molecule has 2 fully saturated rings. The van der Waals surface area contributed by atoms with Crippen LogP contribution in [0.15, 0.2) is 0 Å². The first-order valence-electron chi connectivity index (χ1n) is 14.0. The van der Waals surface area contributed by atoms with Gasteiger partial charge in [0.25, 0.3) is 0 Å². The Kier molecular flexibility index (Phi) is 14.1. The summed E-state index contributed by atoms with van der Waals surface area (Å²) in [4.78, 5) is 84.4. The first-order chi connectivity index (χ1) is 21.0. The zero-order valence-corrected chi connectivity index (χ0v) is 26.3. The van der Waals surface area contributed by atoms with Gasteiger partial charge in [-0.25, -0.2) is 0 Å². The van der Waals surface area contributed by atoms with Crippen molar-refractivity contribution in [3.8, 4) is 0 Å². The monoisotopic (exact) mass is 648 g/mol. The molecule has 2 heterocycles. The van der Waals surface area contributed by atoms with Crippen LogP contribution in [0.1, 0.15) is 54.9 Å². The third-order valence-corrected chi connectivity index (χ3v) is 6.67. The highest BCUT2D eigenvalue weighted by atomic mass is 16.7. The maximum absolute atomic E-state index is 12.3. The van der Waals surface area contributed by atoms with Gasteiger partial charge >= 0.3 is 41.8 Å². The molecule has 2 aliphatic heterocycles. The molecular weight excluding hydrogens is 608 g/mol. The first-order valence-corrected chi connectivity index (χ1v) is 14.0. The average Bonchev–Trinajstić information content (AvgIpc) is 2.90. The molecule has 0 bridgehead atoms. The minimum atomic E-state index is -1.47. The van der Waals surface area contributed by atoms with Crippen LogP contribution < -0.4 is 0 Å². The SMILES string of the molecule is CO[C@@H]1O[C@H](COC(C)=O)[C@@H](OC(C)=O)[C@H](C[C@@H]2O[C@H](COC(C)=O)[C@H](OC(C)=O)[C@H](OC(C)=O)[C@H]2OC(C)=O)[C@H]1OC(C)=O. The van der Waals surface area contributed by atoms with Crippen molar-refractivity contribution in [1.29, 1.82) is 0 Å². The highest BCUT2D eigenvalue weighted by Gasteiger charge is 2.56. The lowest BCUT2D eigenvalue weighted by Gasteiger charge is -2.48. The van der Waals surface area contributed by atoms with E-state index in [1.807, 2.05) is 0 Å². The molecule has 0 aromatic rings. The molecule has 0 N–H and O–H groups in total. The average molecular weight is 649 g/mol. The van der Waals surface area contributed by atoms with Crippen LogP contribution in [0.2, 0.25) is 0 Å². The van der Waals surface area contributed by atoms with E-state index in [0.717, 1.165) is 48.5 Å². The van der Waals surface area contributed by atoms with Crippen molar-refractivity contribution in [3.05, 3.63) is 0 Å². The van der Waals surface area contributed by atoms with Crippen LogP contribution in [0.4, 0.5) is 0 Å². The Bertz CT molecular complexity index is 1100. The number of carbonyl (C=O) groups is 7. The Labute approximate surface area is 259 Å². The molecule has 254 valence electrons.